The van der Waals surface area contributed by atoms with E-state index < -0.39 is 81.5 Å². The van der Waals surface area contributed by atoms with Crippen LogP contribution in [0.4, 0.5) is 11.4 Å². The molecule has 0 radical (unpaired) electrons. The van der Waals surface area contributed by atoms with Crippen LogP contribution in [0.1, 0.15) is 90.2 Å². The number of nitrogens with zero attached hydrogens (tertiary/aromatic N) is 2. The van der Waals surface area contributed by atoms with Crippen molar-refractivity contribution in [2.75, 3.05) is 18.0 Å². The van der Waals surface area contributed by atoms with E-state index in [1.165, 1.54) is 24.3 Å². The summed E-state index contributed by atoms with van der Waals surface area (Å²) in [6, 6.07) is 4.84. The fraction of sp³-hybridized carbons (Fsp3) is 0.390. The van der Waals surface area contributed by atoms with Crippen LogP contribution in [0.2, 0.25) is 0 Å². The van der Waals surface area contributed by atoms with Crippen LogP contribution in [0.3, 0.4) is 0 Å². The molecule has 0 amide bonds. The van der Waals surface area contributed by atoms with Crippen LogP contribution < -0.4 is 4.90 Å². The highest BCUT2D eigenvalue weighted by atomic mass is 32.3. The molecule has 352 valence electrons. The van der Waals surface area contributed by atoms with Gasteiger partial charge in [0.25, 0.3) is 20.2 Å². The van der Waals surface area contributed by atoms with Crippen molar-refractivity contribution in [1.29, 1.82) is 0 Å². The molecule has 6 rings (SSSR count). The smallest absolute Gasteiger partial charge is 0.304 e. The van der Waals surface area contributed by atoms with E-state index in [2.05, 4.69) is 0 Å². The number of fused-ring (bicyclic) bond motifs is 6. The van der Waals surface area contributed by atoms with E-state index in [-0.39, 0.29) is 46.1 Å². The molecule has 0 spiro atoms. The van der Waals surface area contributed by atoms with E-state index in [4.69, 9.17) is 10.2 Å². The van der Waals surface area contributed by atoms with Gasteiger partial charge in [-0.3, -0.25) is 27.8 Å². The molecule has 0 saturated carbocycles. The summed E-state index contributed by atoms with van der Waals surface area (Å²) >= 11 is 0.991. The third kappa shape index (κ3) is 10.2. The van der Waals surface area contributed by atoms with E-state index in [1.54, 1.807) is 30.4 Å². The van der Waals surface area contributed by atoms with Crippen LogP contribution in [0, 0.1) is 0 Å². The SMILES string of the molecule is CC1(C)C(/C=C/C=C/C=C2/N(CCCCCC(=O)O)c3cc(S(=O)(=O)O)c4sc(S(=O)(=O)O)cc4c3C2(C)C)=[N+](CCCCCC(=O)O)c2cc(S(=O)(=O)O)c3sc(S(=O)(=O)O)cc3c21. The lowest BCUT2D eigenvalue weighted by molar-refractivity contribution is -0.438. The van der Waals surface area contributed by atoms with Crippen molar-refractivity contribution in [3.05, 3.63) is 71.5 Å². The van der Waals surface area contributed by atoms with Crippen molar-refractivity contribution < 1.29 is 76.3 Å². The summed E-state index contributed by atoms with van der Waals surface area (Å²) in [7, 11) is -19.4. The summed E-state index contributed by atoms with van der Waals surface area (Å²) in [5.41, 5.74) is 1.10. The second kappa shape index (κ2) is 18.0. The quantitative estimate of drug-likeness (QED) is 0.0228. The van der Waals surface area contributed by atoms with Gasteiger partial charge in [-0.2, -0.15) is 38.2 Å². The molecule has 0 atom stereocenters. The fourth-order valence-corrected chi connectivity index (χ4v) is 14.3. The third-order valence-electron chi connectivity index (χ3n) is 11.5. The third-order valence-corrected chi connectivity index (χ3v) is 18.4. The Labute approximate surface area is 383 Å². The van der Waals surface area contributed by atoms with Crippen molar-refractivity contribution in [3.63, 3.8) is 0 Å². The normalized spacial score (nSPS) is 17.1. The number of unbranched alkanes of at least 4 members (excludes halogenated alkanes) is 4. The zero-order chi connectivity index (χ0) is 48.2. The molecule has 2 aliphatic heterocycles. The second-order valence-corrected chi connectivity index (χ2v) is 24.9. The molecular formula is C41H47N2O16S6+. The number of carboxylic acid groups (broad SMARTS) is 2. The van der Waals surface area contributed by atoms with Gasteiger partial charge in [0.2, 0.25) is 5.69 Å². The van der Waals surface area contributed by atoms with Crippen LogP contribution >= 0.6 is 22.7 Å². The van der Waals surface area contributed by atoms with E-state index in [0.717, 1.165) is 0 Å². The highest BCUT2D eigenvalue weighted by molar-refractivity contribution is 7.89. The Kier molecular flexibility index (Phi) is 13.9. The van der Waals surface area contributed by atoms with E-state index in [9.17, 15) is 61.5 Å². The highest BCUT2D eigenvalue weighted by Gasteiger charge is 2.48. The number of thiophene rings is 2. The summed E-state index contributed by atoms with van der Waals surface area (Å²) < 4.78 is 141. The van der Waals surface area contributed by atoms with Gasteiger partial charge < -0.3 is 15.1 Å². The van der Waals surface area contributed by atoms with Crippen LogP contribution in [0.25, 0.3) is 20.2 Å². The number of carboxylic acids is 2. The standard InChI is InChI=1S/C41H46N2O16S6/c1-40(2)30(42(18-12-6-10-16-32(44)45)26-22-28(62(48,49)50)38-24(36(26)40)20-34(60-38)64(54,55)56)14-8-5-9-15-31-41(3,4)37-25-21-35(65(57,58)59)61-39(25)29(63(51,52)53)23-27(37)43(31)19-13-7-11-17-33(46)47/h5,8-9,14-15,20-23H,6-7,10-13,16-19H2,1-4H3,(H5-,44,45,46,47,48,49,50,51,52,53,54,55,56,57,58,59)/p+1. The Morgan fingerprint density at radius 3 is 1.65 bits per heavy atom. The molecule has 0 bridgehead atoms. The van der Waals surface area contributed by atoms with Gasteiger partial charge in [-0.1, -0.05) is 38.5 Å². The first-order valence-corrected chi connectivity index (χ1v) is 27.4. The summed E-state index contributed by atoms with van der Waals surface area (Å²) in [6.07, 6.45) is 11.2. The molecule has 0 fully saturated rings. The summed E-state index contributed by atoms with van der Waals surface area (Å²) in [4.78, 5) is 23.1. The van der Waals surface area contributed by atoms with Crippen molar-refractivity contribution >= 4 is 112 Å². The van der Waals surface area contributed by atoms with Crippen LogP contribution in [-0.2, 0) is 60.9 Å². The Morgan fingerprint density at radius 1 is 0.631 bits per heavy atom. The van der Waals surface area contributed by atoms with Crippen molar-refractivity contribution in [3.8, 4) is 0 Å². The molecule has 0 unspecified atom stereocenters. The number of anilines is 1. The Morgan fingerprint density at radius 2 is 1.14 bits per heavy atom. The minimum atomic E-state index is -4.92. The molecular weight excluding hydrogens is 969 g/mol. The van der Waals surface area contributed by atoms with Gasteiger partial charge in [0.15, 0.2) is 5.71 Å². The topological polar surface area (TPSA) is 298 Å². The van der Waals surface area contributed by atoms with Crippen LogP contribution in [0.5, 0.6) is 0 Å². The average Bonchev–Trinajstić information content (AvgIpc) is 3.90. The number of benzene rings is 2. The molecule has 0 saturated heterocycles. The minimum absolute atomic E-state index is 0.0603. The molecule has 6 N–H and O–H groups in total. The molecule has 2 aromatic carbocycles. The summed E-state index contributed by atoms with van der Waals surface area (Å²) in [5.74, 6) is -1.92. The molecule has 0 aliphatic carbocycles. The lowest BCUT2D eigenvalue weighted by Gasteiger charge is -2.27. The maximum Gasteiger partial charge on any atom is 0.304 e. The van der Waals surface area contributed by atoms with Gasteiger partial charge in [0.05, 0.1) is 14.8 Å². The Bertz CT molecular complexity index is 3230. The highest BCUT2D eigenvalue weighted by Crippen LogP contribution is 2.54. The van der Waals surface area contributed by atoms with Gasteiger partial charge in [-0.15, -0.1) is 22.7 Å². The predicted molar refractivity (Wildman–Crippen MR) is 245 cm³/mol. The molecule has 4 aromatic rings. The zero-order valence-electron chi connectivity index (χ0n) is 35.4. The molecule has 2 aliphatic rings. The second-order valence-electron chi connectivity index (χ2n) is 16.7. The van der Waals surface area contributed by atoms with E-state index in [1.807, 2.05) is 37.2 Å². The first kappa shape index (κ1) is 50.1. The maximum absolute atomic E-state index is 12.7. The number of hydrogen-bond donors (Lipinski definition) is 6. The van der Waals surface area contributed by atoms with E-state index in [0.29, 0.717) is 95.1 Å². The predicted octanol–water partition coefficient (Wildman–Crippen LogP) is 7.56. The molecule has 2 aromatic heterocycles. The van der Waals surface area contributed by atoms with Crippen molar-refractivity contribution in [1.82, 2.24) is 0 Å². The van der Waals surface area contributed by atoms with Gasteiger partial charge in [-0.05, 0) is 69.4 Å². The lowest BCUT2D eigenvalue weighted by Crippen LogP contribution is -2.28. The lowest BCUT2D eigenvalue weighted by atomic mass is 9.80. The average molecular weight is 1020 g/mol. The maximum atomic E-state index is 12.7. The molecule has 18 nitrogen and oxygen atoms in total. The zero-order valence-corrected chi connectivity index (χ0v) is 40.3. The van der Waals surface area contributed by atoms with E-state index >= 15 is 0 Å². The number of aliphatic carboxylic acids is 2. The number of hydrogen-bond acceptors (Lipinski definition) is 13. The van der Waals surface area contributed by atoms with Crippen LogP contribution in [-0.4, -0.2) is 97.4 Å². The van der Waals surface area contributed by atoms with Gasteiger partial charge in [0, 0.05) is 71.1 Å². The first-order valence-electron chi connectivity index (χ1n) is 20.0. The summed E-state index contributed by atoms with van der Waals surface area (Å²) in [5, 5.41) is 18.7. The number of allylic oxidation sites excluding steroid dienone is 6. The minimum Gasteiger partial charge on any atom is -0.481 e. The monoisotopic (exact) mass is 1020 g/mol. The first-order chi connectivity index (χ1) is 30.0. The Hall–Kier alpha value is -4.37. The van der Waals surface area contributed by atoms with Gasteiger partial charge in [-0.25, -0.2) is 0 Å². The molecule has 65 heavy (non-hydrogen) atoms. The fourth-order valence-electron chi connectivity index (χ4n) is 8.72. The van der Waals surface area contributed by atoms with Crippen LogP contribution in [0.15, 0.2) is 78.6 Å². The van der Waals surface area contributed by atoms with Gasteiger partial charge >= 0.3 is 32.2 Å². The molecule has 24 heteroatoms. The summed E-state index contributed by atoms with van der Waals surface area (Å²) in [6.45, 7) is 7.89. The number of carbonyl (C=O) groups is 2. The van der Waals surface area contributed by atoms with Crippen molar-refractivity contribution in [2.24, 2.45) is 0 Å². The molecule has 4 heterocycles. The number of rotatable bonds is 19. The Balaban J connectivity index is 1.46. The largest absolute Gasteiger partial charge is 0.481 e. The van der Waals surface area contributed by atoms with Crippen molar-refractivity contribution in [2.45, 2.75) is 108 Å². The van der Waals surface area contributed by atoms with Gasteiger partial charge in [0.1, 0.15) is 24.8 Å².